The van der Waals surface area contributed by atoms with Crippen LogP contribution in [-0.2, 0) is 0 Å². The predicted molar refractivity (Wildman–Crippen MR) is 74.1 cm³/mol. The summed E-state index contributed by atoms with van der Waals surface area (Å²) < 4.78 is 1.64. The molecule has 4 heteroatoms. The number of aromatic nitrogens is 3. The van der Waals surface area contributed by atoms with Crippen molar-refractivity contribution in [2.24, 2.45) is 0 Å². The molecule has 4 nitrogen and oxygen atoms in total. The molecule has 1 aromatic carbocycles. The molecule has 0 aliphatic heterocycles. The minimum Gasteiger partial charge on any atom is -0.291 e. The van der Waals surface area contributed by atoms with Crippen LogP contribution in [0.5, 0.6) is 0 Å². The van der Waals surface area contributed by atoms with Gasteiger partial charge in [-0.15, -0.1) is 0 Å². The average molecular weight is 251 g/mol. The Hall–Kier alpha value is -2.49. The van der Waals surface area contributed by atoms with Crippen molar-refractivity contribution in [2.75, 3.05) is 0 Å². The fourth-order valence-corrected chi connectivity index (χ4v) is 2.14. The van der Waals surface area contributed by atoms with Crippen LogP contribution in [0.1, 0.15) is 18.5 Å². The number of hydrogen-bond acceptors (Lipinski definition) is 3. The van der Waals surface area contributed by atoms with Crippen LogP contribution in [0.4, 0.5) is 0 Å². The highest BCUT2D eigenvalue weighted by atomic mass is 16.1. The zero-order valence-corrected chi connectivity index (χ0v) is 10.5. The van der Waals surface area contributed by atoms with Gasteiger partial charge in [0, 0.05) is 6.20 Å². The summed E-state index contributed by atoms with van der Waals surface area (Å²) in [5, 5.41) is 0.549. The maximum absolute atomic E-state index is 12.4. The average Bonchev–Trinajstić information content (AvgIpc) is 2.48. The fraction of sp³-hybridized carbons (Fsp3) is 0.133. The third-order valence-corrected chi connectivity index (χ3v) is 3.26. The van der Waals surface area contributed by atoms with E-state index in [0.29, 0.717) is 11.0 Å². The molecular formula is C15H13N3O. The maximum Gasteiger partial charge on any atom is 0.263 e. The molecule has 0 aliphatic carbocycles. The Morgan fingerprint density at radius 3 is 2.63 bits per heavy atom. The van der Waals surface area contributed by atoms with E-state index in [9.17, 15) is 4.79 Å². The van der Waals surface area contributed by atoms with E-state index >= 15 is 0 Å². The van der Waals surface area contributed by atoms with Crippen molar-refractivity contribution in [3.05, 3.63) is 70.9 Å². The van der Waals surface area contributed by atoms with Gasteiger partial charge < -0.3 is 0 Å². The van der Waals surface area contributed by atoms with E-state index in [1.165, 1.54) is 0 Å². The van der Waals surface area contributed by atoms with Crippen LogP contribution in [0.3, 0.4) is 0 Å². The number of benzene rings is 1. The monoisotopic (exact) mass is 251 g/mol. The topological polar surface area (TPSA) is 47.8 Å². The number of hydrogen-bond donors (Lipinski definition) is 0. The number of pyridine rings is 1. The van der Waals surface area contributed by atoms with Gasteiger partial charge in [0.2, 0.25) is 0 Å². The molecule has 0 aliphatic rings. The summed E-state index contributed by atoms with van der Waals surface area (Å²) in [6, 6.07) is 13.4. The lowest BCUT2D eigenvalue weighted by atomic mass is 10.1. The van der Waals surface area contributed by atoms with Crippen LogP contribution in [0, 0.1) is 0 Å². The smallest absolute Gasteiger partial charge is 0.263 e. The predicted octanol–water partition coefficient (Wildman–Crippen LogP) is 2.40. The lowest BCUT2D eigenvalue weighted by Gasteiger charge is -2.15. The second-order valence-electron chi connectivity index (χ2n) is 4.42. The van der Waals surface area contributed by atoms with E-state index in [0.717, 1.165) is 5.56 Å². The summed E-state index contributed by atoms with van der Waals surface area (Å²) in [6.07, 6.45) is 3.20. The summed E-state index contributed by atoms with van der Waals surface area (Å²) in [7, 11) is 0. The molecule has 2 aromatic heterocycles. The first-order valence-corrected chi connectivity index (χ1v) is 6.14. The molecule has 19 heavy (non-hydrogen) atoms. The first-order valence-electron chi connectivity index (χ1n) is 6.14. The van der Waals surface area contributed by atoms with Gasteiger partial charge in [-0.1, -0.05) is 30.3 Å². The normalized spacial score (nSPS) is 12.5. The maximum atomic E-state index is 12.4. The van der Waals surface area contributed by atoms with Gasteiger partial charge in [0.25, 0.3) is 5.56 Å². The second-order valence-corrected chi connectivity index (χ2v) is 4.42. The van der Waals surface area contributed by atoms with Crippen LogP contribution in [-0.4, -0.2) is 14.5 Å². The Bertz CT molecular complexity index is 765. The molecule has 1 unspecified atom stereocenters. The summed E-state index contributed by atoms with van der Waals surface area (Å²) >= 11 is 0. The number of fused-ring (bicyclic) bond motifs is 1. The standard InChI is InChI=1S/C15H13N3O/c1-11(12-6-3-2-4-7-12)18-10-17-14-13(15(18)19)8-5-9-16-14/h2-11H,1H3. The Balaban J connectivity index is 2.16. The van der Waals surface area contributed by atoms with Gasteiger partial charge in [0.1, 0.15) is 6.33 Å². The zero-order valence-electron chi connectivity index (χ0n) is 10.5. The Kier molecular flexibility index (Phi) is 2.83. The van der Waals surface area contributed by atoms with E-state index in [-0.39, 0.29) is 11.6 Å². The van der Waals surface area contributed by atoms with Crippen molar-refractivity contribution in [3.8, 4) is 0 Å². The van der Waals surface area contributed by atoms with Crippen molar-refractivity contribution < 1.29 is 0 Å². The van der Waals surface area contributed by atoms with E-state index in [2.05, 4.69) is 9.97 Å². The van der Waals surface area contributed by atoms with Gasteiger partial charge in [-0.25, -0.2) is 9.97 Å². The number of rotatable bonds is 2. The van der Waals surface area contributed by atoms with Crippen molar-refractivity contribution >= 4 is 11.0 Å². The molecule has 3 rings (SSSR count). The first kappa shape index (κ1) is 11.6. The summed E-state index contributed by atoms with van der Waals surface area (Å²) in [6.45, 7) is 1.99. The minimum absolute atomic E-state index is 0.0502. The van der Waals surface area contributed by atoms with Crippen molar-refractivity contribution in [1.29, 1.82) is 0 Å². The third kappa shape index (κ3) is 2.01. The first-order chi connectivity index (χ1) is 9.27. The lowest BCUT2D eigenvalue weighted by molar-refractivity contribution is 0.608. The molecule has 1 atom stereocenters. The third-order valence-electron chi connectivity index (χ3n) is 3.26. The van der Waals surface area contributed by atoms with Gasteiger partial charge in [-0.3, -0.25) is 9.36 Å². The largest absolute Gasteiger partial charge is 0.291 e. The molecule has 94 valence electrons. The zero-order chi connectivity index (χ0) is 13.2. The van der Waals surface area contributed by atoms with E-state index in [1.54, 1.807) is 29.2 Å². The highest BCUT2D eigenvalue weighted by Gasteiger charge is 2.11. The van der Waals surface area contributed by atoms with Crippen molar-refractivity contribution in [3.63, 3.8) is 0 Å². The van der Waals surface area contributed by atoms with Gasteiger partial charge in [0.15, 0.2) is 5.65 Å². The van der Waals surface area contributed by atoms with E-state index in [1.807, 2.05) is 37.3 Å². The summed E-state index contributed by atoms with van der Waals surface area (Å²) in [5.74, 6) is 0. The molecule has 0 radical (unpaired) electrons. The highest BCUT2D eigenvalue weighted by molar-refractivity contribution is 5.72. The molecule has 0 spiro atoms. The lowest BCUT2D eigenvalue weighted by Crippen LogP contribution is -2.24. The van der Waals surface area contributed by atoms with Crippen molar-refractivity contribution in [2.45, 2.75) is 13.0 Å². The van der Waals surface area contributed by atoms with Crippen LogP contribution in [0.2, 0.25) is 0 Å². The Morgan fingerprint density at radius 2 is 1.84 bits per heavy atom. The highest BCUT2D eigenvalue weighted by Crippen LogP contribution is 2.15. The van der Waals surface area contributed by atoms with Gasteiger partial charge in [-0.05, 0) is 24.6 Å². The van der Waals surface area contributed by atoms with Gasteiger partial charge in [-0.2, -0.15) is 0 Å². The molecule has 0 amide bonds. The minimum atomic E-state index is -0.0607. The Morgan fingerprint density at radius 1 is 1.05 bits per heavy atom. The molecule has 0 N–H and O–H groups in total. The van der Waals surface area contributed by atoms with Crippen LogP contribution < -0.4 is 5.56 Å². The Labute approximate surface area is 110 Å². The van der Waals surface area contributed by atoms with Gasteiger partial charge in [0.05, 0.1) is 11.4 Å². The van der Waals surface area contributed by atoms with Crippen LogP contribution in [0.25, 0.3) is 11.0 Å². The van der Waals surface area contributed by atoms with E-state index < -0.39 is 0 Å². The SMILES string of the molecule is CC(c1ccccc1)n1cnc2ncccc2c1=O. The molecule has 3 aromatic rings. The summed E-state index contributed by atoms with van der Waals surface area (Å²) in [4.78, 5) is 20.8. The molecular weight excluding hydrogens is 238 g/mol. The molecule has 0 saturated carbocycles. The van der Waals surface area contributed by atoms with Crippen molar-refractivity contribution in [1.82, 2.24) is 14.5 Å². The molecule has 2 heterocycles. The van der Waals surface area contributed by atoms with Crippen LogP contribution in [0.15, 0.2) is 59.8 Å². The second kappa shape index (κ2) is 4.65. The number of nitrogens with zero attached hydrogens (tertiary/aromatic N) is 3. The molecule has 0 bridgehead atoms. The fourth-order valence-electron chi connectivity index (χ4n) is 2.14. The molecule has 0 fully saturated rings. The summed E-state index contributed by atoms with van der Waals surface area (Å²) in [5.41, 5.74) is 1.51. The van der Waals surface area contributed by atoms with Gasteiger partial charge >= 0.3 is 0 Å². The van der Waals surface area contributed by atoms with E-state index in [4.69, 9.17) is 0 Å². The molecule has 0 saturated heterocycles. The van der Waals surface area contributed by atoms with Crippen LogP contribution >= 0.6 is 0 Å². The quantitative estimate of drug-likeness (QED) is 0.702.